The van der Waals surface area contributed by atoms with E-state index in [0.717, 1.165) is 40.6 Å². The third-order valence-corrected chi connectivity index (χ3v) is 10.1. The number of hydrogen-bond donors (Lipinski definition) is 3. The molecule has 0 saturated heterocycles. The maximum Gasteiger partial charge on any atom is 0.247 e. The first kappa shape index (κ1) is 28.8. The normalized spacial score (nSPS) is 33.0. The maximum absolute atomic E-state index is 13.8. The Morgan fingerprint density at radius 2 is 1.79 bits per heavy atom. The van der Waals surface area contributed by atoms with Crippen LogP contribution in [0.25, 0.3) is 0 Å². The van der Waals surface area contributed by atoms with Gasteiger partial charge in [0.05, 0.1) is 29.2 Å². The number of amides is 2. The molecule has 2 amide bonds. The van der Waals surface area contributed by atoms with Crippen LogP contribution in [-0.2, 0) is 14.3 Å². The topological polar surface area (TPSA) is 108 Å². The summed E-state index contributed by atoms with van der Waals surface area (Å²) in [5.74, 6) is 2.46. The highest BCUT2D eigenvalue weighted by atomic mass is 127. The predicted molar refractivity (Wildman–Crippen MR) is 155 cm³/mol. The third-order valence-electron chi connectivity index (χ3n) is 9.23. The molecule has 9 heteroatoms. The lowest BCUT2D eigenvalue weighted by Gasteiger charge is -2.58. The van der Waals surface area contributed by atoms with E-state index in [1.54, 1.807) is 13.2 Å². The Bertz CT molecular complexity index is 1040. The highest BCUT2D eigenvalue weighted by Crippen LogP contribution is 2.60. The van der Waals surface area contributed by atoms with E-state index >= 15 is 0 Å². The van der Waals surface area contributed by atoms with Gasteiger partial charge in [-0.3, -0.25) is 9.59 Å². The molecule has 5 aliphatic rings. The lowest BCUT2D eigenvalue weighted by molar-refractivity contribution is -0.147. The van der Waals surface area contributed by atoms with Crippen LogP contribution in [0.15, 0.2) is 35.9 Å². The van der Waals surface area contributed by atoms with E-state index in [0.29, 0.717) is 24.5 Å². The van der Waals surface area contributed by atoms with Crippen molar-refractivity contribution in [1.29, 1.82) is 0 Å². The molecular weight excluding hydrogens is 611 g/mol. The fourth-order valence-corrected chi connectivity index (χ4v) is 8.55. The van der Waals surface area contributed by atoms with Crippen molar-refractivity contribution < 1.29 is 29.3 Å². The summed E-state index contributed by atoms with van der Waals surface area (Å²) >= 11 is 2.19. The molecule has 1 aromatic rings. The number of aliphatic hydroxyl groups excluding tert-OH is 2. The number of carbonyl (C=O) groups excluding carboxylic acids is 2. The quantitative estimate of drug-likeness (QED) is 0.317. The number of halogens is 1. The van der Waals surface area contributed by atoms with Gasteiger partial charge in [-0.15, -0.1) is 0 Å². The second kappa shape index (κ2) is 12.4. The molecular formula is C30H41IN2O6. The molecule has 5 aliphatic carbocycles. The predicted octanol–water partition coefficient (Wildman–Crippen LogP) is 3.29. The van der Waals surface area contributed by atoms with E-state index in [-0.39, 0.29) is 43.2 Å². The van der Waals surface area contributed by atoms with Crippen LogP contribution in [0.2, 0.25) is 0 Å². The van der Waals surface area contributed by atoms with Gasteiger partial charge in [0.1, 0.15) is 18.0 Å². The van der Waals surface area contributed by atoms with E-state index in [1.807, 2.05) is 29.2 Å². The van der Waals surface area contributed by atoms with E-state index < -0.39 is 18.2 Å². The molecule has 3 unspecified atom stereocenters. The molecule has 0 radical (unpaired) electrons. The summed E-state index contributed by atoms with van der Waals surface area (Å²) in [5.41, 5.74) is 0.535. The van der Waals surface area contributed by atoms with Crippen LogP contribution < -0.4 is 10.1 Å². The number of carbonyl (C=O) groups is 2. The molecule has 8 nitrogen and oxygen atoms in total. The van der Waals surface area contributed by atoms with Gasteiger partial charge in [-0.25, -0.2) is 0 Å². The number of para-hydroxylation sites is 1. The van der Waals surface area contributed by atoms with Crippen molar-refractivity contribution in [2.24, 2.45) is 23.2 Å². The monoisotopic (exact) mass is 652 g/mol. The molecule has 39 heavy (non-hydrogen) atoms. The van der Waals surface area contributed by atoms with Crippen molar-refractivity contribution in [2.75, 3.05) is 33.4 Å². The summed E-state index contributed by atoms with van der Waals surface area (Å²) in [4.78, 5) is 28.7. The number of rotatable bonds is 11. The molecule has 3 atom stereocenters. The molecule has 0 spiro atoms. The van der Waals surface area contributed by atoms with Crippen LogP contribution in [-0.4, -0.2) is 78.6 Å². The molecule has 214 valence electrons. The minimum atomic E-state index is -1.00. The first-order valence-corrected chi connectivity index (χ1v) is 15.4. The summed E-state index contributed by atoms with van der Waals surface area (Å²) in [5, 5.41) is 23.7. The molecule has 0 heterocycles. The highest BCUT2D eigenvalue weighted by molar-refractivity contribution is 14.1. The Balaban J connectivity index is 1.45. The van der Waals surface area contributed by atoms with Crippen molar-refractivity contribution in [3.63, 3.8) is 0 Å². The molecule has 4 fully saturated rings. The van der Waals surface area contributed by atoms with Crippen LogP contribution in [0.1, 0.15) is 51.4 Å². The second-order valence-electron chi connectivity index (χ2n) is 12.1. The second-order valence-corrected chi connectivity index (χ2v) is 13.3. The Morgan fingerprint density at radius 3 is 2.41 bits per heavy atom. The minimum absolute atomic E-state index is 0.0540. The molecule has 3 N–H and O–H groups in total. The first-order valence-electron chi connectivity index (χ1n) is 14.3. The average molecular weight is 653 g/mol. The number of benzene rings is 1. The smallest absolute Gasteiger partial charge is 0.247 e. The number of ether oxygens (including phenoxy) is 2. The maximum atomic E-state index is 13.8. The number of hydrogen-bond acceptors (Lipinski definition) is 6. The molecule has 6 rings (SSSR count). The number of aliphatic hydroxyl groups is 2. The highest BCUT2D eigenvalue weighted by Gasteiger charge is 2.53. The summed E-state index contributed by atoms with van der Waals surface area (Å²) in [6.45, 7) is 0.874. The SMILES string of the molecule is COCCC(=O)N(CC12CC3CC(CC(C3)C1)C2)C1CC(C(=O)NCCO)=CC(Oc2ccccc2I)C1O. The van der Waals surface area contributed by atoms with Gasteiger partial charge < -0.3 is 29.9 Å². The molecule has 0 aliphatic heterocycles. The van der Waals surface area contributed by atoms with Crippen LogP contribution in [0, 0.1) is 26.7 Å². The van der Waals surface area contributed by atoms with Gasteiger partial charge in [-0.1, -0.05) is 12.1 Å². The Kier molecular flexibility index (Phi) is 9.20. The zero-order valence-corrected chi connectivity index (χ0v) is 24.8. The lowest BCUT2D eigenvalue weighted by Crippen LogP contribution is -2.59. The molecule has 4 saturated carbocycles. The van der Waals surface area contributed by atoms with Crippen molar-refractivity contribution in [1.82, 2.24) is 10.2 Å². The summed E-state index contributed by atoms with van der Waals surface area (Å²) in [7, 11) is 1.59. The summed E-state index contributed by atoms with van der Waals surface area (Å²) < 4.78 is 12.4. The fourth-order valence-electron chi connectivity index (χ4n) is 8.03. The van der Waals surface area contributed by atoms with Gasteiger partial charge in [0.2, 0.25) is 11.8 Å². The summed E-state index contributed by atoms with van der Waals surface area (Å²) in [6, 6.07) is 6.95. The zero-order valence-electron chi connectivity index (χ0n) is 22.7. The molecule has 4 bridgehead atoms. The van der Waals surface area contributed by atoms with Crippen LogP contribution in [0.5, 0.6) is 5.75 Å². The van der Waals surface area contributed by atoms with Gasteiger partial charge in [-0.05, 0) is 102 Å². The number of methoxy groups -OCH3 is 1. The Morgan fingerprint density at radius 1 is 1.13 bits per heavy atom. The van der Waals surface area contributed by atoms with Crippen LogP contribution in [0.3, 0.4) is 0 Å². The molecule has 1 aromatic carbocycles. The molecule has 0 aromatic heterocycles. The van der Waals surface area contributed by atoms with Gasteiger partial charge >= 0.3 is 0 Å². The minimum Gasteiger partial charge on any atom is -0.482 e. The van der Waals surface area contributed by atoms with Crippen LogP contribution in [0.4, 0.5) is 0 Å². The van der Waals surface area contributed by atoms with Crippen molar-refractivity contribution >= 4 is 34.4 Å². The Labute approximate surface area is 244 Å². The van der Waals surface area contributed by atoms with Crippen LogP contribution >= 0.6 is 22.6 Å². The van der Waals surface area contributed by atoms with Gasteiger partial charge in [0.15, 0.2) is 0 Å². The van der Waals surface area contributed by atoms with E-state index in [2.05, 4.69) is 27.9 Å². The van der Waals surface area contributed by atoms with Crippen molar-refractivity contribution in [3.8, 4) is 5.75 Å². The van der Waals surface area contributed by atoms with E-state index in [9.17, 15) is 19.8 Å². The van der Waals surface area contributed by atoms with E-state index in [4.69, 9.17) is 9.47 Å². The average Bonchev–Trinajstić information content (AvgIpc) is 2.90. The van der Waals surface area contributed by atoms with Gasteiger partial charge in [-0.2, -0.15) is 0 Å². The van der Waals surface area contributed by atoms with E-state index in [1.165, 1.54) is 19.3 Å². The number of nitrogens with one attached hydrogen (secondary N) is 1. The number of nitrogens with zero attached hydrogens (tertiary/aromatic N) is 1. The fraction of sp³-hybridized carbons (Fsp3) is 0.667. The van der Waals surface area contributed by atoms with Crippen molar-refractivity contribution in [3.05, 3.63) is 39.5 Å². The third kappa shape index (κ3) is 6.47. The Hall–Kier alpha value is -1.69. The summed E-state index contributed by atoms with van der Waals surface area (Å²) in [6.07, 6.45) is 7.68. The van der Waals surface area contributed by atoms with Crippen molar-refractivity contribution in [2.45, 2.75) is 69.6 Å². The standard InChI is InChI=1S/C30H41IN2O6/c1-38-9-6-27(35)33(18-30-15-19-10-20(16-30)12-21(11-19)17-30)24-13-22(29(37)32-7-8-34)14-26(28(24)36)39-25-5-3-2-4-23(25)31/h2-5,14,19-21,24,26,28,34,36H,6-13,15-18H2,1H3,(H,32,37). The zero-order chi connectivity index (χ0) is 27.6. The lowest BCUT2D eigenvalue weighted by atomic mass is 9.49. The van der Waals surface area contributed by atoms with Gasteiger partial charge in [0, 0.05) is 32.2 Å². The first-order chi connectivity index (χ1) is 18.8. The van der Waals surface area contributed by atoms with Gasteiger partial charge in [0.25, 0.3) is 0 Å². The largest absolute Gasteiger partial charge is 0.482 e.